The molecule has 0 amide bonds. The molecule has 142 valence electrons. The van der Waals surface area contributed by atoms with E-state index >= 15 is 0 Å². The maximum absolute atomic E-state index is 12.7. The fourth-order valence-corrected chi connectivity index (χ4v) is 3.91. The van der Waals surface area contributed by atoms with Crippen molar-refractivity contribution in [3.05, 3.63) is 54.4 Å². The maximum atomic E-state index is 12.7. The number of aromatic nitrogens is 2. The minimum Gasteiger partial charge on any atom is -0.497 e. The van der Waals surface area contributed by atoms with Gasteiger partial charge in [-0.15, -0.1) is 11.8 Å². The Hall–Kier alpha value is -2.36. The van der Waals surface area contributed by atoms with E-state index in [9.17, 15) is 8.42 Å². The molecule has 3 aromatic rings. The van der Waals surface area contributed by atoms with Gasteiger partial charge in [0.2, 0.25) is 21.7 Å². The van der Waals surface area contributed by atoms with Gasteiger partial charge in [-0.1, -0.05) is 5.16 Å². The van der Waals surface area contributed by atoms with Crippen LogP contribution in [0.25, 0.3) is 11.4 Å². The average Bonchev–Trinajstić information content (AvgIpc) is 3.16. The van der Waals surface area contributed by atoms with E-state index in [-0.39, 0.29) is 17.3 Å². The van der Waals surface area contributed by atoms with Crippen LogP contribution in [0.1, 0.15) is 5.89 Å². The predicted molar refractivity (Wildman–Crippen MR) is 103 cm³/mol. The van der Waals surface area contributed by atoms with Crippen molar-refractivity contribution in [2.45, 2.75) is 16.3 Å². The van der Waals surface area contributed by atoms with Crippen LogP contribution in [-0.4, -0.2) is 43.3 Å². The molecular weight excluding hydrogens is 386 g/mol. The van der Waals surface area contributed by atoms with Gasteiger partial charge in [0.05, 0.1) is 18.6 Å². The molecule has 0 aliphatic carbocycles. The van der Waals surface area contributed by atoms with Gasteiger partial charge in [-0.3, -0.25) is 0 Å². The van der Waals surface area contributed by atoms with Gasteiger partial charge in [0.15, 0.2) is 0 Å². The SMILES string of the molecule is COc1ccc(-c2noc(CN(C)S(=O)(=O)c3ccc(SC)cc3)n2)cc1. The molecule has 27 heavy (non-hydrogen) atoms. The van der Waals surface area contributed by atoms with E-state index in [0.717, 1.165) is 16.2 Å². The van der Waals surface area contributed by atoms with Crippen LogP contribution in [0.4, 0.5) is 0 Å². The van der Waals surface area contributed by atoms with Gasteiger partial charge in [0.25, 0.3) is 0 Å². The summed E-state index contributed by atoms with van der Waals surface area (Å²) in [5.74, 6) is 1.33. The monoisotopic (exact) mass is 405 g/mol. The molecule has 1 aromatic heterocycles. The van der Waals surface area contributed by atoms with Gasteiger partial charge in [0.1, 0.15) is 5.75 Å². The molecule has 0 saturated heterocycles. The smallest absolute Gasteiger partial charge is 0.243 e. The first-order chi connectivity index (χ1) is 12.9. The molecule has 9 heteroatoms. The quantitative estimate of drug-likeness (QED) is 0.558. The van der Waals surface area contributed by atoms with Gasteiger partial charge in [-0.05, 0) is 54.8 Å². The molecule has 1 heterocycles. The largest absolute Gasteiger partial charge is 0.497 e. The van der Waals surface area contributed by atoms with Crippen molar-refractivity contribution < 1.29 is 17.7 Å². The molecule has 0 N–H and O–H groups in total. The third kappa shape index (κ3) is 4.32. The van der Waals surface area contributed by atoms with Crippen LogP contribution < -0.4 is 4.74 Å². The Kier molecular flexibility index (Phi) is 5.83. The van der Waals surface area contributed by atoms with Crippen molar-refractivity contribution in [2.24, 2.45) is 0 Å². The van der Waals surface area contributed by atoms with Crippen LogP contribution in [-0.2, 0) is 16.6 Å². The zero-order valence-corrected chi connectivity index (χ0v) is 16.8. The summed E-state index contributed by atoms with van der Waals surface area (Å²) in [7, 11) is -0.576. The van der Waals surface area contributed by atoms with Crippen LogP contribution in [0.5, 0.6) is 5.75 Å². The third-order valence-electron chi connectivity index (χ3n) is 3.94. The second-order valence-electron chi connectivity index (χ2n) is 5.68. The lowest BCUT2D eigenvalue weighted by Gasteiger charge is -2.15. The molecule has 7 nitrogen and oxygen atoms in total. The van der Waals surface area contributed by atoms with Crippen molar-refractivity contribution in [1.29, 1.82) is 0 Å². The van der Waals surface area contributed by atoms with Crippen molar-refractivity contribution >= 4 is 21.8 Å². The maximum Gasteiger partial charge on any atom is 0.243 e. The Morgan fingerprint density at radius 2 is 1.78 bits per heavy atom. The fourth-order valence-electron chi connectivity index (χ4n) is 2.38. The Labute approximate surface area is 162 Å². The van der Waals surface area contributed by atoms with Crippen LogP contribution in [0.2, 0.25) is 0 Å². The van der Waals surface area contributed by atoms with Crippen LogP contribution >= 0.6 is 11.8 Å². The van der Waals surface area contributed by atoms with E-state index in [1.165, 1.54) is 11.4 Å². The van der Waals surface area contributed by atoms with E-state index in [1.807, 2.05) is 6.26 Å². The second kappa shape index (κ2) is 8.12. The number of hydrogen-bond donors (Lipinski definition) is 0. The minimum atomic E-state index is -3.65. The number of methoxy groups -OCH3 is 1. The lowest BCUT2D eigenvalue weighted by molar-refractivity contribution is 0.337. The van der Waals surface area contributed by atoms with Crippen LogP contribution in [0, 0.1) is 0 Å². The first kappa shape index (κ1) is 19.4. The minimum absolute atomic E-state index is 0.0181. The summed E-state index contributed by atoms with van der Waals surface area (Å²) in [5.41, 5.74) is 0.754. The summed E-state index contributed by atoms with van der Waals surface area (Å²) < 4.78 is 36.9. The summed E-state index contributed by atoms with van der Waals surface area (Å²) in [6, 6.07) is 13.9. The molecule has 0 saturated carbocycles. The molecule has 0 atom stereocenters. The van der Waals surface area contributed by atoms with Gasteiger partial charge in [-0.2, -0.15) is 9.29 Å². The first-order valence-corrected chi connectivity index (χ1v) is 10.7. The number of rotatable bonds is 7. The van der Waals surface area contributed by atoms with E-state index in [4.69, 9.17) is 9.26 Å². The highest BCUT2D eigenvalue weighted by Crippen LogP contribution is 2.22. The standard InChI is InChI=1S/C18H19N3O4S2/c1-21(27(22,23)16-10-8-15(26-3)9-11-16)12-17-19-18(20-25-17)13-4-6-14(24-2)7-5-13/h4-11H,12H2,1-3H3. The number of ether oxygens (including phenoxy) is 1. The Morgan fingerprint density at radius 3 is 2.37 bits per heavy atom. The highest BCUT2D eigenvalue weighted by molar-refractivity contribution is 7.98. The highest BCUT2D eigenvalue weighted by atomic mass is 32.2. The van der Waals surface area contributed by atoms with Crippen molar-refractivity contribution in [3.8, 4) is 17.1 Å². The fraction of sp³-hybridized carbons (Fsp3) is 0.222. The normalized spacial score (nSPS) is 11.7. The Bertz CT molecular complexity index is 1000. The predicted octanol–water partition coefficient (Wildman–Crippen LogP) is 3.29. The van der Waals surface area contributed by atoms with Crippen LogP contribution in [0.3, 0.4) is 0 Å². The van der Waals surface area contributed by atoms with Crippen LogP contribution in [0.15, 0.2) is 62.8 Å². The number of nitrogens with zero attached hydrogens (tertiary/aromatic N) is 3. The molecule has 3 rings (SSSR count). The zero-order chi connectivity index (χ0) is 19.4. The number of hydrogen-bond acceptors (Lipinski definition) is 7. The highest BCUT2D eigenvalue weighted by Gasteiger charge is 2.23. The molecule has 0 fully saturated rings. The topological polar surface area (TPSA) is 85.5 Å². The lowest BCUT2D eigenvalue weighted by Crippen LogP contribution is -2.26. The Balaban J connectivity index is 1.75. The molecule has 2 aromatic carbocycles. The van der Waals surface area contributed by atoms with E-state index < -0.39 is 10.0 Å². The van der Waals surface area contributed by atoms with Gasteiger partial charge >= 0.3 is 0 Å². The molecule has 0 unspecified atom stereocenters. The lowest BCUT2D eigenvalue weighted by atomic mass is 10.2. The molecule has 0 aliphatic rings. The molecule has 0 bridgehead atoms. The van der Waals surface area contributed by atoms with Crippen molar-refractivity contribution in [1.82, 2.24) is 14.4 Å². The number of benzene rings is 2. The van der Waals surface area contributed by atoms with E-state index in [2.05, 4.69) is 10.1 Å². The summed E-state index contributed by atoms with van der Waals surface area (Å²) >= 11 is 1.55. The molecular formula is C18H19N3O4S2. The summed E-state index contributed by atoms with van der Waals surface area (Å²) in [5, 5.41) is 3.92. The summed E-state index contributed by atoms with van der Waals surface area (Å²) in [4.78, 5) is 5.50. The zero-order valence-electron chi connectivity index (χ0n) is 15.1. The third-order valence-corrected chi connectivity index (χ3v) is 6.50. The van der Waals surface area contributed by atoms with Gasteiger partial charge in [0, 0.05) is 17.5 Å². The van der Waals surface area contributed by atoms with E-state index in [0.29, 0.717) is 5.82 Å². The van der Waals surface area contributed by atoms with E-state index in [1.54, 1.807) is 67.4 Å². The second-order valence-corrected chi connectivity index (χ2v) is 8.60. The van der Waals surface area contributed by atoms with Crippen molar-refractivity contribution in [3.63, 3.8) is 0 Å². The summed E-state index contributed by atoms with van der Waals surface area (Å²) in [6.07, 6.45) is 1.94. The van der Waals surface area contributed by atoms with Gasteiger partial charge in [-0.25, -0.2) is 8.42 Å². The molecule has 0 aliphatic heterocycles. The molecule has 0 spiro atoms. The molecule has 0 radical (unpaired) electrons. The average molecular weight is 406 g/mol. The number of sulfonamides is 1. The van der Waals surface area contributed by atoms with Crippen molar-refractivity contribution in [2.75, 3.05) is 20.4 Å². The Morgan fingerprint density at radius 1 is 1.11 bits per heavy atom. The first-order valence-electron chi connectivity index (χ1n) is 8.01. The van der Waals surface area contributed by atoms with Gasteiger partial charge < -0.3 is 9.26 Å². The number of thioether (sulfide) groups is 1. The summed E-state index contributed by atoms with van der Waals surface area (Å²) in [6.45, 7) is -0.0181.